The lowest BCUT2D eigenvalue weighted by molar-refractivity contribution is -0.148. The third-order valence-corrected chi connectivity index (χ3v) is 13.0. The van der Waals surface area contributed by atoms with Crippen molar-refractivity contribution in [1.82, 2.24) is 24.9 Å². The van der Waals surface area contributed by atoms with Crippen molar-refractivity contribution in [1.29, 1.82) is 0 Å². The van der Waals surface area contributed by atoms with E-state index < -0.39 is 37.6 Å². The second-order valence-electron chi connectivity index (χ2n) is 12.2. The molecule has 0 atom stereocenters. The summed E-state index contributed by atoms with van der Waals surface area (Å²) in [4.78, 5) is 8.07. The van der Waals surface area contributed by atoms with Gasteiger partial charge in [0.05, 0.1) is 45.2 Å². The molecule has 1 saturated carbocycles. The topological polar surface area (TPSA) is 78.9 Å². The highest BCUT2D eigenvalue weighted by Crippen LogP contribution is 2.52. The molecule has 4 aromatic rings. The van der Waals surface area contributed by atoms with Crippen LogP contribution in [0, 0.1) is 5.82 Å². The number of halogens is 5. The van der Waals surface area contributed by atoms with Crippen LogP contribution in [0.3, 0.4) is 0 Å². The molecule has 0 amide bonds. The second kappa shape index (κ2) is 10.0. The molecule has 7 nitrogen and oxygen atoms in total. The van der Waals surface area contributed by atoms with E-state index in [4.69, 9.17) is 20.6 Å². The Labute approximate surface area is 241 Å². The normalized spacial score (nSPS) is 19.8. The molecule has 0 unspecified atom stereocenters. The molecule has 0 N–H and O–H groups in total. The quantitative estimate of drug-likeness (QED) is 0.161. The fourth-order valence-electron chi connectivity index (χ4n) is 5.10. The Morgan fingerprint density at radius 2 is 1.83 bits per heavy atom. The maximum atomic E-state index is 14.9. The highest BCUT2D eigenvalue weighted by atomic mass is 35.5. The molecule has 13 heteroatoms. The number of hydrogen-bond acceptors (Lipinski definition) is 6. The van der Waals surface area contributed by atoms with Gasteiger partial charge in [0, 0.05) is 6.20 Å². The molecular weight excluding hydrogens is 578 g/mol. The van der Waals surface area contributed by atoms with E-state index in [0.29, 0.717) is 12.8 Å². The van der Waals surface area contributed by atoms with Crippen LogP contribution in [0.1, 0.15) is 52.3 Å². The molecule has 0 saturated heterocycles. The van der Waals surface area contributed by atoms with Gasteiger partial charge in [0.25, 0.3) is 0 Å². The molecule has 0 bridgehead atoms. The van der Waals surface area contributed by atoms with E-state index in [2.05, 4.69) is 54.1 Å². The van der Waals surface area contributed by atoms with E-state index >= 15 is 0 Å². The number of hydrogen-bond donors (Lipinski definition) is 0. The fourth-order valence-corrected chi connectivity index (χ4v) is 7.05. The minimum Gasteiger partial charge on any atom is -0.411 e. The average molecular weight is 608 g/mol. The summed E-state index contributed by atoms with van der Waals surface area (Å²) in [6.45, 7) is 12.5. The summed E-state index contributed by atoms with van der Waals surface area (Å²) in [6.07, 6.45) is -0.305. The zero-order valence-electron chi connectivity index (χ0n) is 23.5. The van der Waals surface area contributed by atoms with Crippen LogP contribution in [0.15, 0.2) is 47.5 Å². The maximum Gasteiger partial charge on any atom is 0.433 e. The molecule has 5 rings (SSSR count). The van der Waals surface area contributed by atoms with Crippen molar-refractivity contribution >= 4 is 19.9 Å². The zero-order valence-corrected chi connectivity index (χ0v) is 25.2. The predicted octanol–water partition coefficient (Wildman–Crippen LogP) is 8.59. The van der Waals surface area contributed by atoms with E-state index in [9.17, 15) is 17.6 Å². The highest BCUT2D eigenvalue weighted by Gasteiger charge is 2.52. The first-order chi connectivity index (χ1) is 19.0. The van der Waals surface area contributed by atoms with Gasteiger partial charge in [-0.3, -0.25) is 4.68 Å². The van der Waals surface area contributed by atoms with Crippen LogP contribution in [0.25, 0.3) is 33.8 Å². The number of nitrogens with zero attached hydrogens (tertiary/aromatic N) is 5. The first kappa shape index (κ1) is 29.4. The van der Waals surface area contributed by atoms with Crippen molar-refractivity contribution in [2.45, 2.75) is 76.5 Å². The molecule has 1 aliphatic carbocycles. The molecule has 0 spiro atoms. The first-order valence-electron chi connectivity index (χ1n) is 13.1. The van der Waals surface area contributed by atoms with Gasteiger partial charge >= 0.3 is 6.18 Å². The van der Waals surface area contributed by atoms with Gasteiger partial charge < -0.3 is 8.95 Å². The lowest BCUT2D eigenvalue weighted by Gasteiger charge is -2.52. The third kappa shape index (κ3) is 5.32. The van der Waals surface area contributed by atoms with E-state index in [0.717, 1.165) is 10.9 Å². The SMILES string of the molecule is CC1(O[Si](C)(C)C(C)(C)C)CC(n2ncc(-c3onc(-c4c(F)cccc4Cl)c3-c3ccncn3)c2C(F)(F)F)C1. The Morgan fingerprint density at radius 3 is 2.41 bits per heavy atom. The number of aromatic nitrogens is 5. The van der Waals surface area contributed by atoms with Crippen molar-refractivity contribution in [2.24, 2.45) is 0 Å². The van der Waals surface area contributed by atoms with Crippen LogP contribution in [0.4, 0.5) is 17.6 Å². The van der Waals surface area contributed by atoms with Crippen LogP contribution in [0.2, 0.25) is 23.2 Å². The highest BCUT2D eigenvalue weighted by molar-refractivity contribution is 6.74. The van der Waals surface area contributed by atoms with E-state index in [-0.39, 0.29) is 43.9 Å². The third-order valence-electron chi connectivity index (χ3n) is 8.03. The summed E-state index contributed by atoms with van der Waals surface area (Å²) >= 11 is 6.30. The summed E-state index contributed by atoms with van der Waals surface area (Å²) in [6, 6.07) is 4.98. The van der Waals surface area contributed by atoms with Crippen LogP contribution in [0.5, 0.6) is 0 Å². The number of benzene rings is 1. The molecule has 41 heavy (non-hydrogen) atoms. The summed E-state index contributed by atoms with van der Waals surface area (Å²) in [5.41, 5.74) is -1.85. The Morgan fingerprint density at radius 1 is 1.12 bits per heavy atom. The molecular formula is C28H30ClF4N5O2Si. The Balaban J connectivity index is 1.60. The van der Waals surface area contributed by atoms with Crippen molar-refractivity contribution in [3.05, 3.63) is 59.5 Å². The van der Waals surface area contributed by atoms with Crippen LogP contribution in [-0.4, -0.2) is 38.8 Å². The van der Waals surface area contributed by atoms with Crippen LogP contribution >= 0.6 is 11.6 Å². The predicted molar refractivity (Wildman–Crippen MR) is 149 cm³/mol. The van der Waals surface area contributed by atoms with Gasteiger partial charge in [-0.1, -0.05) is 43.6 Å². The van der Waals surface area contributed by atoms with Crippen LogP contribution in [-0.2, 0) is 10.6 Å². The summed E-state index contributed by atoms with van der Waals surface area (Å²) in [7, 11) is -2.15. The second-order valence-corrected chi connectivity index (χ2v) is 17.3. The van der Waals surface area contributed by atoms with Gasteiger partial charge in [0.2, 0.25) is 0 Å². The minimum absolute atomic E-state index is 0.0161. The number of rotatable bonds is 6. The molecule has 3 aromatic heterocycles. The average Bonchev–Trinajstić information content (AvgIpc) is 3.46. The van der Waals surface area contributed by atoms with Crippen molar-refractivity contribution in [2.75, 3.05) is 0 Å². The van der Waals surface area contributed by atoms with Crippen LogP contribution < -0.4 is 0 Å². The van der Waals surface area contributed by atoms with Gasteiger partial charge in [-0.05, 0) is 56.1 Å². The monoisotopic (exact) mass is 607 g/mol. The Kier molecular flexibility index (Phi) is 7.19. The summed E-state index contributed by atoms with van der Waals surface area (Å²) in [5, 5.41) is 8.13. The zero-order chi connectivity index (χ0) is 30.0. The molecule has 0 aliphatic heterocycles. The minimum atomic E-state index is -4.79. The maximum absolute atomic E-state index is 14.9. The van der Waals surface area contributed by atoms with Gasteiger partial charge in [0.1, 0.15) is 17.8 Å². The van der Waals surface area contributed by atoms with E-state index in [1.54, 1.807) is 0 Å². The van der Waals surface area contributed by atoms with Gasteiger partial charge in [-0.15, -0.1) is 0 Å². The van der Waals surface area contributed by atoms with Gasteiger partial charge in [0.15, 0.2) is 19.8 Å². The Bertz CT molecular complexity index is 1550. The molecule has 1 fully saturated rings. The van der Waals surface area contributed by atoms with Gasteiger partial charge in [-0.2, -0.15) is 18.3 Å². The lowest BCUT2D eigenvalue weighted by atomic mass is 9.77. The van der Waals surface area contributed by atoms with Crippen molar-refractivity contribution in [3.63, 3.8) is 0 Å². The molecule has 1 aromatic carbocycles. The Hall–Kier alpha value is -3.09. The van der Waals surface area contributed by atoms with Gasteiger partial charge in [-0.25, -0.2) is 14.4 Å². The first-order valence-corrected chi connectivity index (χ1v) is 16.4. The lowest BCUT2D eigenvalue weighted by Crippen LogP contribution is -2.54. The number of alkyl halides is 3. The molecule has 0 radical (unpaired) electrons. The van der Waals surface area contributed by atoms with E-state index in [1.165, 1.54) is 36.8 Å². The standard InChI is InChI=1S/C28H30ClF4N5O2Si/c1-26(2,3)41(5,6)40-27(4)12-16(13-27)38-25(28(31,32)33)17(14-36-38)24-22(20-10-11-34-15-35-20)23(37-39-24)21-18(29)8-7-9-19(21)30/h7-11,14-16H,12-13H2,1-6H3. The van der Waals surface area contributed by atoms with Crippen molar-refractivity contribution < 1.29 is 26.5 Å². The molecule has 1 aliphatic rings. The molecule has 3 heterocycles. The van der Waals surface area contributed by atoms with Crippen molar-refractivity contribution in [3.8, 4) is 33.8 Å². The summed E-state index contributed by atoms with van der Waals surface area (Å²) < 4.78 is 72.1. The fraction of sp³-hybridized carbons (Fsp3) is 0.429. The largest absolute Gasteiger partial charge is 0.433 e. The summed E-state index contributed by atoms with van der Waals surface area (Å²) in [5.74, 6) is -0.967. The molecule has 218 valence electrons. The van der Waals surface area contributed by atoms with E-state index in [1.807, 2.05) is 6.92 Å². The smallest absolute Gasteiger partial charge is 0.411 e.